The van der Waals surface area contributed by atoms with Gasteiger partial charge in [-0.15, -0.1) is 0 Å². The molecule has 0 amide bonds. The van der Waals surface area contributed by atoms with Gasteiger partial charge in [0.2, 0.25) is 0 Å². The number of hydrogen-bond donors (Lipinski definition) is 3. The highest BCUT2D eigenvalue weighted by Crippen LogP contribution is 2.45. The van der Waals surface area contributed by atoms with Crippen molar-refractivity contribution in [3.63, 3.8) is 0 Å². The van der Waals surface area contributed by atoms with Crippen molar-refractivity contribution in [3.05, 3.63) is 158 Å². The second kappa shape index (κ2) is 74.0. The number of allylic oxidation sites excluding steroid dienone is 25. The van der Waals surface area contributed by atoms with Crippen LogP contribution in [0.15, 0.2) is 158 Å². The summed E-state index contributed by atoms with van der Waals surface area (Å²) < 4.78 is 68.3. The molecular weight excluding hydrogens is 1330 g/mol. The van der Waals surface area contributed by atoms with Gasteiger partial charge in [0.15, 0.2) is 12.2 Å². The van der Waals surface area contributed by atoms with Gasteiger partial charge in [0.05, 0.1) is 32.8 Å². The van der Waals surface area contributed by atoms with E-state index in [1.54, 1.807) is 6.08 Å². The molecule has 0 aliphatic heterocycles. The number of carbonyl (C=O) groups is 4. The molecule has 0 saturated carbocycles. The SMILES string of the molecule is CC/C=C\C/C=C\C/C=C\C/C=C\C/C=C\C/C=C\CCC(=O)OCC(COP(=O)(O)OCC(O)COP(=O)(O)OCC(COC(=O)C/C=C\C/C=C\C/C=C\C/C=C\C/C=C\CC)OC(=O)CCCCCCC/C=C\C/C=C\CCCCC)OC(=O)CCCCCCCCCCCCCCC. The topological polar surface area (TPSA) is 237 Å². The molecule has 580 valence electrons. The molecule has 0 spiro atoms. The van der Waals surface area contributed by atoms with Gasteiger partial charge in [-0.05, 0) is 122 Å². The first-order chi connectivity index (χ1) is 49.7. The van der Waals surface area contributed by atoms with Gasteiger partial charge in [-0.2, -0.15) is 0 Å². The van der Waals surface area contributed by atoms with E-state index in [0.717, 1.165) is 128 Å². The lowest BCUT2D eigenvalue weighted by atomic mass is 10.0. The number of rotatable bonds is 71. The van der Waals surface area contributed by atoms with E-state index < -0.39 is 97.5 Å². The van der Waals surface area contributed by atoms with E-state index in [2.05, 4.69) is 143 Å². The Hall–Kier alpha value is -5.32. The second-order valence-electron chi connectivity index (χ2n) is 25.2. The number of phosphoric ester groups is 2. The summed E-state index contributed by atoms with van der Waals surface area (Å²) >= 11 is 0. The number of esters is 4. The van der Waals surface area contributed by atoms with Crippen LogP contribution >= 0.6 is 15.6 Å². The van der Waals surface area contributed by atoms with Gasteiger partial charge in [0, 0.05) is 19.3 Å². The molecule has 0 fully saturated rings. The fourth-order valence-corrected chi connectivity index (χ4v) is 11.3. The zero-order valence-corrected chi connectivity index (χ0v) is 65.0. The molecule has 0 aromatic carbocycles. The van der Waals surface area contributed by atoms with Crippen LogP contribution in [0.5, 0.6) is 0 Å². The van der Waals surface area contributed by atoms with Crippen molar-refractivity contribution >= 4 is 39.5 Å². The third-order valence-corrected chi connectivity index (χ3v) is 17.4. The molecule has 17 nitrogen and oxygen atoms in total. The quantitative estimate of drug-likeness (QED) is 0.0169. The molecule has 5 atom stereocenters. The van der Waals surface area contributed by atoms with Crippen molar-refractivity contribution in [2.45, 2.75) is 303 Å². The Labute approximate surface area is 617 Å². The predicted octanol–water partition coefficient (Wildman–Crippen LogP) is 22.4. The molecule has 19 heteroatoms. The second-order valence-corrected chi connectivity index (χ2v) is 28.1. The molecule has 0 aliphatic carbocycles. The van der Waals surface area contributed by atoms with Gasteiger partial charge in [0.1, 0.15) is 19.3 Å². The van der Waals surface area contributed by atoms with Gasteiger partial charge in [0.25, 0.3) is 0 Å². The van der Waals surface area contributed by atoms with Gasteiger partial charge in [-0.25, -0.2) is 9.13 Å². The monoisotopic (exact) mass is 1470 g/mol. The lowest BCUT2D eigenvalue weighted by molar-refractivity contribution is -0.161. The van der Waals surface area contributed by atoms with Crippen LogP contribution in [0, 0.1) is 0 Å². The van der Waals surface area contributed by atoms with Crippen molar-refractivity contribution in [1.82, 2.24) is 0 Å². The fourth-order valence-electron chi connectivity index (χ4n) is 9.70. The average Bonchev–Trinajstić information content (AvgIpc) is 0.908. The first-order valence-electron chi connectivity index (χ1n) is 38.7. The first kappa shape index (κ1) is 96.7. The molecule has 0 saturated heterocycles. The summed E-state index contributed by atoms with van der Waals surface area (Å²) in [5, 5.41) is 10.6. The van der Waals surface area contributed by atoms with Crippen molar-refractivity contribution in [2.75, 3.05) is 39.6 Å². The Kier molecular flexibility index (Phi) is 70.1. The third-order valence-electron chi connectivity index (χ3n) is 15.5. The molecule has 0 radical (unpaired) electrons. The molecule has 3 N–H and O–H groups in total. The molecule has 5 unspecified atom stereocenters. The number of carbonyl (C=O) groups excluding carboxylic acids is 4. The maximum Gasteiger partial charge on any atom is 0.472 e. The van der Waals surface area contributed by atoms with Crippen LogP contribution in [-0.2, 0) is 65.4 Å². The molecule has 0 aromatic rings. The lowest BCUT2D eigenvalue weighted by Crippen LogP contribution is -2.30. The van der Waals surface area contributed by atoms with E-state index in [-0.39, 0.29) is 25.7 Å². The van der Waals surface area contributed by atoms with Crippen LogP contribution in [0.25, 0.3) is 0 Å². The summed E-state index contributed by atoms with van der Waals surface area (Å²) in [6.45, 7) is 4.39. The average molecular weight is 1470 g/mol. The Morgan fingerprint density at radius 2 is 0.569 bits per heavy atom. The number of unbranched alkanes of at least 4 members (excludes halogenated alkanes) is 20. The number of aliphatic hydroxyl groups is 1. The van der Waals surface area contributed by atoms with E-state index in [0.29, 0.717) is 32.1 Å². The van der Waals surface area contributed by atoms with Crippen molar-refractivity contribution in [2.24, 2.45) is 0 Å². The largest absolute Gasteiger partial charge is 0.472 e. The summed E-state index contributed by atoms with van der Waals surface area (Å²) in [7, 11) is -10.0. The van der Waals surface area contributed by atoms with Crippen LogP contribution in [0.4, 0.5) is 0 Å². The van der Waals surface area contributed by atoms with Crippen molar-refractivity contribution < 1.29 is 80.2 Å². The molecule has 0 aromatic heterocycles. The molecule has 0 heterocycles. The van der Waals surface area contributed by atoms with E-state index in [9.17, 15) is 43.2 Å². The summed E-state index contributed by atoms with van der Waals surface area (Å²) in [6, 6.07) is 0. The van der Waals surface area contributed by atoms with Crippen LogP contribution in [-0.4, -0.2) is 96.7 Å². The van der Waals surface area contributed by atoms with Crippen LogP contribution in [0.2, 0.25) is 0 Å². The molecule has 0 bridgehead atoms. The minimum atomic E-state index is -5.01. The van der Waals surface area contributed by atoms with Crippen LogP contribution < -0.4 is 0 Å². The Morgan fingerprint density at radius 1 is 0.294 bits per heavy atom. The molecule has 0 aliphatic rings. The van der Waals surface area contributed by atoms with Gasteiger partial charge in [-0.3, -0.25) is 37.3 Å². The van der Waals surface area contributed by atoms with Crippen molar-refractivity contribution in [1.29, 1.82) is 0 Å². The first-order valence-corrected chi connectivity index (χ1v) is 41.7. The third kappa shape index (κ3) is 73.0. The number of phosphoric acid groups is 2. The minimum absolute atomic E-state index is 0.0314. The van der Waals surface area contributed by atoms with Gasteiger partial charge >= 0.3 is 39.5 Å². The molecule has 0 rings (SSSR count). The van der Waals surface area contributed by atoms with Crippen LogP contribution in [0.1, 0.15) is 285 Å². The zero-order valence-electron chi connectivity index (χ0n) is 63.2. The van der Waals surface area contributed by atoms with Crippen molar-refractivity contribution in [3.8, 4) is 0 Å². The zero-order chi connectivity index (χ0) is 74.6. The van der Waals surface area contributed by atoms with E-state index in [4.69, 9.17) is 37.0 Å². The van der Waals surface area contributed by atoms with Gasteiger partial charge < -0.3 is 33.8 Å². The number of aliphatic hydroxyl groups excluding tert-OH is 1. The maximum absolute atomic E-state index is 13.1. The van der Waals surface area contributed by atoms with E-state index >= 15 is 0 Å². The highest BCUT2D eigenvalue weighted by atomic mass is 31.2. The maximum atomic E-state index is 13.1. The summed E-state index contributed by atoms with van der Waals surface area (Å²) in [5.41, 5.74) is 0. The Morgan fingerprint density at radius 3 is 0.931 bits per heavy atom. The smallest absolute Gasteiger partial charge is 0.462 e. The van der Waals surface area contributed by atoms with E-state index in [1.807, 2.05) is 36.5 Å². The lowest BCUT2D eigenvalue weighted by Gasteiger charge is -2.21. The molecule has 102 heavy (non-hydrogen) atoms. The highest BCUT2D eigenvalue weighted by molar-refractivity contribution is 7.47. The standard InChI is InChI=1S/C83H136O17P2/c1-5-9-13-17-21-25-29-33-36-37-38-39-42-45-48-52-56-60-64-68-81(86)94-73-78(99-82(87)69-65-61-57-53-49-43-32-28-24-20-16-12-8-4)75-97-101(89,90)95-71-77(84)72-96-102(91,92)98-76-79(100-83(88)70-66-62-58-54-50-46-41-35-31-27-23-19-15-11-7-3)74-93-80(85)67-63-59-55-51-47-44-40-34-30-26-22-18-14-10-6-2/h9-10,13-14,21-23,25-27,33-36,38-41,45,47-48,51,56,59-60,63,77-79,84H,5-8,11-12,15-20,24,28-32,37,42-44,46,49-50,52-55,57-58,61-62,64-76H2,1-4H3,(H,89,90)(H,91,92)/b13-9-,14-10-,25-21-,26-22-,27-23-,36-33-,39-38-,40-34-,41-35-,48-45-,51-47-,60-56-,63-59-. The van der Waals surface area contributed by atoms with Crippen LogP contribution in [0.3, 0.4) is 0 Å². The summed E-state index contributed by atoms with van der Waals surface area (Å²) in [4.78, 5) is 72.8. The van der Waals surface area contributed by atoms with Gasteiger partial charge in [-0.1, -0.05) is 295 Å². The summed E-state index contributed by atoms with van der Waals surface area (Å²) in [6.07, 6.45) is 85.6. The van der Waals surface area contributed by atoms with E-state index in [1.165, 1.54) is 70.6 Å². The highest BCUT2D eigenvalue weighted by Gasteiger charge is 2.30. The Balaban J connectivity index is 5.49. The Bertz CT molecular complexity index is 2550. The number of hydrogen-bond acceptors (Lipinski definition) is 15. The normalized spacial score (nSPS) is 14.8. The predicted molar refractivity (Wildman–Crippen MR) is 417 cm³/mol. The minimum Gasteiger partial charge on any atom is -0.462 e. The number of ether oxygens (including phenoxy) is 4. The fraction of sp³-hybridized carbons (Fsp3) is 0.639. The summed E-state index contributed by atoms with van der Waals surface area (Å²) in [5.74, 6) is -2.44. The molecular formula is C83H136O17P2.